The molecular formula is C14H19NO2. The van der Waals surface area contributed by atoms with Gasteiger partial charge in [0.15, 0.2) is 0 Å². The second-order valence-corrected chi connectivity index (χ2v) is 4.53. The predicted molar refractivity (Wildman–Crippen MR) is 68.8 cm³/mol. The maximum atomic E-state index is 6.24. The highest BCUT2D eigenvalue weighted by molar-refractivity contribution is 5.77. The Morgan fingerprint density at radius 1 is 1.41 bits per heavy atom. The molecule has 0 aliphatic carbocycles. The highest BCUT2D eigenvalue weighted by Crippen LogP contribution is 2.32. The highest BCUT2D eigenvalue weighted by atomic mass is 16.5. The molecular weight excluding hydrogens is 214 g/mol. The molecule has 0 saturated heterocycles. The lowest BCUT2D eigenvalue weighted by molar-refractivity contribution is -0.0240. The first kappa shape index (κ1) is 12.1. The minimum atomic E-state index is -0.395. The fraction of sp³-hybridized carbons (Fsp3) is 0.429. The SMILES string of the molecule is CCC(C)(OC)C(N)c1cc2ccccc2o1. The molecule has 1 aromatic heterocycles. The summed E-state index contributed by atoms with van der Waals surface area (Å²) in [5.41, 5.74) is 6.71. The Hall–Kier alpha value is -1.32. The van der Waals surface area contributed by atoms with E-state index in [9.17, 15) is 0 Å². The number of benzene rings is 1. The molecule has 0 amide bonds. The predicted octanol–water partition coefficient (Wildman–Crippen LogP) is 3.25. The van der Waals surface area contributed by atoms with E-state index in [0.29, 0.717) is 0 Å². The van der Waals surface area contributed by atoms with Crippen LogP contribution in [0.1, 0.15) is 32.1 Å². The number of methoxy groups -OCH3 is 1. The molecule has 1 heterocycles. The first-order valence-electron chi connectivity index (χ1n) is 5.90. The van der Waals surface area contributed by atoms with Crippen molar-refractivity contribution in [1.82, 2.24) is 0 Å². The molecule has 2 N–H and O–H groups in total. The van der Waals surface area contributed by atoms with Gasteiger partial charge in [-0.3, -0.25) is 0 Å². The third-order valence-corrected chi connectivity index (χ3v) is 3.58. The fourth-order valence-electron chi connectivity index (χ4n) is 1.95. The molecule has 92 valence electrons. The summed E-state index contributed by atoms with van der Waals surface area (Å²) < 4.78 is 11.3. The molecule has 2 unspecified atom stereocenters. The van der Waals surface area contributed by atoms with Crippen molar-refractivity contribution in [3.63, 3.8) is 0 Å². The van der Waals surface area contributed by atoms with Crippen LogP contribution in [0.5, 0.6) is 0 Å². The van der Waals surface area contributed by atoms with E-state index in [1.807, 2.05) is 37.3 Å². The van der Waals surface area contributed by atoms with Crippen LogP contribution in [0.4, 0.5) is 0 Å². The summed E-state index contributed by atoms with van der Waals surface area (Å²) >= 11 is 0. The van der Waals surface area contributed by atoms with Crippen molar-refractivity contribution in [2.75, 3.05) is 7.11 Å². The molecule has 0 fully saturated rings. The van der Waals surface area contributed by atoms with Crippen LogP contribution in [0.3, 0.4) is 0 Å². The van der Waals surface area contributed by atoms with Crippen LogP contribution in [-0.2, 0) is 4.74 Å². The van der Waals surface area contributed by atoms with Crippen molar-refractivity contribution < 1.29 is 9.15 Å². The zero-order valence-electron chi connectivity index (χ0n) is 10.6. The van der Waals surface area contributed by atoms with Crippen molar-refractivity contribution in [3.8, 4) is 0 Å². The molecule has 0 aliphatic rings. The van der Waals surface area contributed by atoms with Crippen LogP contribution in [0.25, 0.3) is 11.0 Å². The highest BCUT2D eigenvalue weighted by Gasteiger charge is 2.33. The summed E-state index contributed by atoms with van der Waals surface area (Å²) in [6.07, 6.45) is 0.835. The number of fused-ring (bicyclic) bond motifs is 1. The lowest BCUT2D eigenvalue weighted by Gasteiger charge is -2.31. The molecule has 2 aromatic rings. The van der Waals surface area contributed by atoms with Gasteiger partial charge >= 0.3 is 0 Å². The van der Waals surface area contributed by atoms with Crippen LogP contribution in [0.2, 0.25) is 0 Å². The van der Waals surface area contributed by atoms with Gasteiger partial charge < -0.3 is 14.9 Å². The average molecular weight is 233 g/mol. The maximum Gasteiger partial charge on any atom is 0.134 e. The largest absolute Gasteiger partial charge is 0.459 e. The quantitative estimate of drug-likeness (QED) is 0.881. The van der Waals surface area contributed by atoms with E-state index in [0.717, 1.165) is 23.2 Å². The van der Waals surface area contributed by atoms with Gasteiger partial charge in [0.25, 0.3) is 0 Å². The number of para-hydroxylation sites is 1. The van der Waals surface area contributed by atoms with Crippen LogP contribution >= 0.6 is 0 Å². The van der Waals surface area contributed by atoms with Crippen molar-refractivity contribution in [2.45, 2.75) is 31.9 Å². The average Bonchev–Trinajstić information content (AvgIpc) is 2.80. The second-order valence-electron chi connectivity index (χ2n) is 4.53. The van der Waals surface area contributed by atoms with Gasteiger partial charge in [-0.2, -0.15) is 0 Å². The Labute approximate surface area is 102 Å². The third kappa shape index (κ3) is 2.08. The van der Waals surface area contributed by atoms with Crippen molar-refractivity contribution in [1.29, 1.82) is 0 Å². The minimum absolute atomic E-state index is 0.259. The molecule has 0 saturated carbocycles. The standard InChI is InChI=1S/C14H19NO2/c1-4-14(2,16-3)13(15)12-9-10-7-5-6-8-11(10)17-12/h5-9,13H,4,15H2,1-3H3. The fourth-order valence-corrected chi connectivity index (χ4v) is 1.95. The van der Waals surface area contributed by atoms with Gasteiger partial charge in [0, 0.05) is 12.5 Å². The van der Waals surface area contributed by atoms with E-state index >= 15 is 0 Å². The lowest BCUT2D eigenvalue weighted by atomic mass is 9.92. The third-order valence-electron chi connectivity index (χ3n) is 3.58. The minimum Gasteiger partial charge on any atom is -0.459 e. The van der Waals surface area contributed by atoms with E-state index in [1.165, 1.54) is 0 Å². The molecule has 2 atom stereocenters. The number of furan rings is 1. The Balaban J connectivity index is 2.39. The first-order valence-corrected chi connectivity index (χ1v) is 5.90. The molecule has 3 heteroatoms. The number of rotatable bonds is 4. The Morgan fingerprint density at radius 2 is 2.12 bits per heavy atom. The first-order chi connectivity index (χ1) is 8.10. The summed E-state index contributed by atoms with van der Waals surface area (Å²) in [4.78, 5) is 0. The Kier molecular flexibility index (Phi) is 3.22. The van der Waals surface area contributed by atoms with E-state index in [4.69, 9.17) is 14.9 Å². The van der Waals surface area contributed by atoms with Crippen molar-refractivity contribution in [2.24, 2.45) is 5.73 Å². The van der Waals surface area contributed by atoms with Gasteiger partial charge in [-0.15, -0.1) is 0 Å². The van der Waals surface area contributed by atoms with Crippen LogP contribution in [0.15, 0.2) is 34.7 Å². The van der Waals surface area contributed by atoms with Gasteiger partial charge in [0.05, 0.1) is 11.6 Å². The molecule has 0 aliphatic heterocycles. The Bertz CT molecular complexity index is 467. The summed E-state index contributed by atoms with van der Waals surface area (Å²) in [6.45, 7) is 4.07. The molecule has 0 spiro atoms. The lowest BCUT2D eigenvalue weighted by Crippen LogP contribution is -2.39. The zero-order chi connectivity index (χ0) is 12.5. The van der Waals surface area contributed by atoms with E-state index in [2.05, 4.69) is 6.92 Å². The van der Waals surface area contributed by atoms with Crippen molar-refractivity contribution >= 4 is 11.0 Å². The molecule has 1 aromatic carbocycles. The summed E-state index contributed by atoms with van der Waals surface area (Å²) in [5, 5.41) is 1.08. The maximum absolute atomic E-state index is 6.24. The molecule has 0 bridgehead atoms. The normalized spacial score (nSPS) is 16.9. The summed E-state index contributed by atoms with van der Waals surface area (Å²) in [5.74, 6) is 0.775. The van der Waals surface area contributed by atoms with Crippen LogP contribution in [-0.4, -0.2) is 12.7 Å². The van der Waals surface area contributed by atoms with E-state index in [1.54, 1.807) is 7.11 Å². The molecule has 0 radical (unpaired) electrons. The van der Waals surface area contributed by atoms with Gasteiger partial charge in [0.2, 0.25) is 0 Å². The number of nitrogens with two attached hydrogens (primary N) is 1. The summed E-state index contributed by atoms with van der Waals surface area (Å²) in [6, 6.07) is 9.64. The van der Waals surface area contributed by atoms with E-state index < -0.39 is 5.60 Å². The topological polar surface area (TPSA) is 48.4 Å². The number of hydrogen-bond donors (Lipinski definition) is 1. The molecule has 17 heavy (non-hydrogen) atoms. The van der Waals surface area contributed by atoms with Gasteiger partial charge in [0.1, 0.15) is 11.3 Å². The van der Waals surface area contributed by atoms with Crippen LogP contribution in [0, 0.1) is 0 Å². The number of ether oxygens (including phenoxy) is 1. The monoisotopic (exact) mass is 233 g/mol. The second kappa shape index (κ2) is 4.51. The smallest absolute Gasteiger partial charge is 0.134 e. The summed E-state index contributed by atoms with van der Waals surface area (Å²) in [7, 11) is 1.69. The van der Waals surface area contributed by atoms with Gasteiger partial charge in [-0.25, -0.2) is 0 Å². The van der Waals surface area contributed by atoms with Gasteiger partial charge in [-0.05, 0) is 25.5 Å². The molecule has 3 nitrogen and oxygen atoms in total. The van der Waals surface area contributed by atoms with Gasteiger partial charge in [-0.1, -0.05) is 25.1 Å². The Morgan fingerprint density at radius 3 is 2.71 bits per heavy atom. The number of hydrogen-bond acceptors (Lipinski definition) is 3. The zero-order valence-corrected chi connectivity index (χ0v) is 10.6. The van der Waals surface area contributed by atoms with E-state index in [-0.39, 0.29) is 6.04 Å². The van der Waals surface area contributed by atoms with Crippen molar-refractivity contribution in [3.05, 3.63) is 36.1 Å². The van der Waals surface area contributed by atoms with Crippen LogP contribution < -0.4 is 5.73 Å². The molecule has 2 rings (SSSR count).